The maximum Gasteiger partial charge on any atom is 0.737 e. The number of rotatable bonds is 0. The lowest BCUT2D eigenvalue weighted by Crippen LogP contribution is -2.50. The largest absolute Gasteiger partial charge is 0.737 e. The van der Waals surface area contributed by atoms with E-state index in [0.29, 0.717) is 11.4 Å². The molecule has 0 unspecified atom stereocenters. The molecule has 0 aromatic carbocycles. The predicted octanol–water partition coefficient (Wildman–Crippen LogP) is 2.99. The van der Waals surface area contributed by atoms with Gasteiger partial charge in [-0.25, -0.2) is 0 Å². The summed E-state index contributed by atoms with van der Waals surface area (Å²) < 4.78 is 32.1. The molecule has 1 aliphatic carbocycles. The summed E-state index contributed by atoms with van der Waals surface area (Å²) >= 11 is 0. The first-order chi connectivity index (χ1) is 9.10. The second kappa shape index (κ2) is 3.47. The highest BCUT2D eigenvalue weighted by molar-refractivity contribution is 6.57. The molecule has 0 saturated carbocycles. The summed E-state index contributed by atoms with van der Waals surface area (Å²) in [5.41, 5.74) is 4.28. The second-order valence-corrected chi connectivity index (χ2v) is 5.59. The zero-order chi connectivity index (χ0) is 13.2. The number of nitrogens with zero attached hydrogens (tertiary/aromatic N) is 2. The van der Waals surface area contributed by atoms with Gasteiger partial charge in [-0.3, -0.25) is 0 Å². The van der Waals surface area contributed by atoms with Crippen LogP contribution in [0.1, 0.15) is 36.7 Å². The van der Waals surface area contributed by atoms with E-state index >= 15 is 0 Å². The van der Waals surface area contributed by atoms with Gasteiger partial charge in [0.1, 0.15) is 6.21 Å². The molecule has 0 saturated heterocycles. The highest BCUT2D eigenvalue weighted by Crippen LogP contribution is 2.39. The van der Waals surface area contributed by atoms with Crippen LogP contribution in [-0.4, -0.2) is 22.1 Å². The standard InChI is InChI=1S/C14H15BF2N2/c1-10-12-7-4-8-18(12)15(16,17)19-13-6-3-2-5-11(13)9-14(10)19/h4,7-9H,2-3,5-6H2,1H3. The van der Waals surface area contributed by atoms with Crippen LogP contribution in [0.25, 0.3) is 5.57 Å². The second-order valence-electron chi connectivity index (χ2n) is 5.59. The third-order valence-corrected chi connectivity index (χ3v) is 4.53. The van der Waals surface area contributed by atoms with Crippen LogP contribution < -0.4 is 0 Å². The Morgan fingerprint density at radius 1 is 1.26 bits per heavy atom. The number of allylic oxidation sites excluding steroid dienone is 3. The molecule has 0 bridgehead atoms. The molecule has 0 N–H and O–H groups in total. The SMILES string of the molecule is CC1=C2C=CC=[N+]2[B-](F)(F)n2c1cc1c2CCCC1. The summed E-state index contributed by atoms with van der Waals surface area (Å²) in [7, 11) is 0. The van der Waals surface area contributed by atoms with Crippen molar-refractivity contribution in [2.45, 2.75) is 32.6 Å². The number of fused-ring (bicyclic) bond motifs is 4. The first-order valence-corrected chi connectivity index (χ1v) is 6.87. The van der Waals surface area contributed by atoms with Crippen molar-refractivity contribution in [2.24, 2.45) is 0 Å². The lowest BCUT2D eigenvalue weighted by atomic mass is 9.88. The average molecular weight is 260 g/mol. The van der Waals surface area contributed by atoms with E-state index in [0.717, 1.165) is 47.0 Å². The minimum absolute atomic E-state index is 0.646. The van der Waals surface area contributed by atoms with Crippen molar-refractivity contribution >= 4 is 18.8 Å². The van der Waals surface area contributed by atoms with Gasteiger partial charge in [0, 0.05) is 23.4 Å². The van der Waals surface area contributed by atoms with Gasteiger partial charge in [0.2, 0.25) is 0 Å². The molecule has 2 aliphatic heterocycles. The molecule has 98 valence electrons. The van der Waals surface area contributed by atoms with Crippen LogP contribution in [0.2, 0.25) is 0 Å². The van der Waals surface area contributed by atoms with Gasteiger partial charge in [0.25, 0.3) is 0 Å². The van der Waals surface area contributed by atoms with Gasteiger partial charge in [-0.05, 0) is 49.9 Å². The minimum Gasteiger partial charge on any atom is -0.393 e. The molecule has 0 fully saturated rings. The highest BCUT2D eigenvalue weighted by atomic mass is 19.2. The summed E-state index contributed by atoms with van der Waals surface area (Å²) in [5, 5.41) is 0. The van der Waals surface area contributed by atoms with E-state index in [9.17, 15) is 8.63 Å². The predicted molar refractivity (Wildman–Crippen MR) is 72.5 cm³/mol. The van der Waals surface area contributed by atoms with Crippen molar-refractivity contribution in [3.05, 3.63) is 40.9 Å². The molecule has 19 heavy (non-hydrogen) atoms. The minimum atomic E-state index is -3.73. The molecular weight excluding hydrogens is 245 g/mol. The Morgan fingerprint density at radius 3 is 2.89 bits per heavy atom. The summed E-state index contributed by atoms with van der Waals surface area (Å²) in [6.07, 6.45) is 8.81. The van der Waals surface area contributed by atoms with E-state index in [2.05, 4.69) is 0 Å². The molecule has 0 atom stereocenters. The van der Waals surface area contributed by atoms with Gasteiger partial charge < -0.3 is 17.6 Å². The zero-order valence-electron chi connectivity index (χ0n) is 10.9. The first-order valence-electron chi connectivity index (χ1n) is 6.87. The number of hydrogen-bond acceptors (Lipinski definition) is 0. The van der Waals surface area contributed by atoms with Crippen LogP contribution in [0, 0.1) is 0 Å². The monoisotopic (exact) mass is 260 g/mol. The first kappa shape index (κ1) is 11.2. The fraction of sp³-hybridized carbons (Fsp3) is 0.357. The van der Waals surface area contributed by atoms with Gasteiger partial charge in [-0.1, -0.05) is 0 Å². The maximum atomic E-state index is 14.8. The summed E-state index contributed by atoms with van der Waals surface area (Å²) in [4.78, 5) is 0. The van der Waals surface area contributed by atoms with Crippen molar-refractivity contribution in [3.8, 4) is 0 Å². The molecule has 0 amide bonds. The van der Waals surface area contributed by atoms with E-state index in [1.54, 1.807) is 12.2 Å². The Balaban J connectivity index is 2.06. The number of aromatic nitrogens is 1. The van der Waals surface area contributed by atoms with Gasteiger partial charge in [-0.2, -0.15) is 0 Å². The third kappa shape index (κ3) is 1.28. The molecule has 3 aliphatic rings. The Hall–Kier alpha value is -1.65. The quantitative estimate of drug-likeness (QED) is 0.633. The van der Waals surface area contributed by atoms with Crippen molar-refractivity contribution < 1.29 is 13.1 Å². The summed E-state index contributed by atoms with van der Waals surface area (Å²) in [6.45, 7) is -1.79. The Kier molecular flexibility index (Phi) is 2.04. The molecule has 3 heterocycles. The number of aryl methyl sites for hydroxylation is 1. The van der Waals surface area contributed by atoms with Crippen LogP contribution in [-0.2, 0) is 12.8 Å². The van der Waals surface area contributed by atoms with Crippen LogP contribution in [0.15, 0.2) is 23.9 Å². The third-order valence-electron chi connectivity index (χ3n) is 4.53. The molecule has 4 rings (SSSR count). The van der Waals surface area contributed by atoms with Crippen LogP contribution in [0.5, 0.6) is 0 Å². The normalized spacial score (nSPS) is 23.0. The topological polar surface area (TPSA) is 7.94 Å². The molecule has 1 aromatic rings. The van der Waals surface area contributed by atoms with E-state index in [1.807, 2.05) is 13.0 Å². The zero-order valence-corrected chi connectivity index (χ0v) is 10.9. The summed E-state index contributed by atoms with van der Waals surface area (Å²) in [5.74, 6) is 0. The van der Waals surface area contributed by atoms with E-state index in [-0.39, 0.29) is 0 Å². The van der Waals surface area contributed by atoms with Crippen molar-refractivity contribution in [3.63, 3.8) is 0 Å². The van der Waals surface area contributed by atoms with Crippen molar-refractivity contribution in [1.82, 2.24) is 4.48 Å². The molecule has 0 spiro atoms. The average Bonchev–Trinajstić information content (AvgIpc) is 3.01. The Labute approximate surface area is 110 Å². The fourth-order valence-corrected chi connectivity index (χ4v) is 3.61. The van der Waals surface area contributed by atoms with Crippen LogP contribution in [0.3, 0.4) is 0 Å². The number of halogens is 2. The lowest BCUT2D eigenvalue weighted by molar-refractivity contribution is -0.356. The Bertz CT molecular complexity index is 680. The molecule has 5 heteroatoms. The molecular formula is C14H15BF2N2. The molecule has 1 aromatic heterocycles. The fourth-order valence-electron chi connectivity index (χ4n) is 3.61. The Morgan fingerprint density at radius 2 is 2.05 bits per heavy atom. The highest BCUT2D eigenvalue weighted by Gasteiger charge is 2.52. The van der Waals surface area contributed by atoms with Gasteiger partial charge in [0.15, 0.2) is 5.70 Å². The smallest absolute Gasteiger partial charge is 0.393 e. The summed E-state index contributed by atoms with van der Waals surface area (Å²) in [6, 6.07) is 1.98. The van der Waals surface area contributed by atoms with Gasteiger partial charge in [0.05, 0.1) is 0 Å². The van der Waals surface area contributed by atoms with E-state index in [4.69, 9.17) is 0 Å². The van der Waals surface area contributed by atoms with Crippen LogP contribution in [0.4, 0.5) is 8.63 Å². The lowest BCUT2D eigenvalue weighted by Gasteiger charge is -2.32. The molecule has 0 radical (unpaired) electrons. The van der Waals surface area contributed by atoms with Crippen molar-refractivity contribution in [2.75, 3.05) is 0 Å². The van der Waals surface area contributed by atoms with Crippen molar-refractivity contribution in [1.29, 1.82) is 0 Å². The van der Waals surface area contributed by atoms with Gasteiger partial charge in [-0.15, -0.1) is 0 Å². The van der Waals surface area contributed by atoms with Gasteiger partial charge >= 0.3 is 6.97 Å². The van der Waals surface area contributed by atoms with E-state index in [1.165, 1.54) is 10.7 Å². The van der Waals surface area contributed by atoms with Crippen LogP contribution >= 0.6 is 0 Å². The number of hydrogen-bond donors (Lipinski definition) is 0. The maximum absolute atomic E-state index is 14.8. The van der Waals surface area contributed by atoms with E-state index < -0.39 is 6.97 Å². The molecule has 2 nitrogen and oxygen atoms in total.